The lowest BCUT2D eigenvalue weighted by molar-refractivity contribution is -0.871. The molecule has 0 saturated heterocycles. The van der Waals surface area contributed by atoms with Crippen LogP contribution in [0.25, 0.3) is 0 Å². The Bertz CT molecular complexity index is 222. The molecule has 0 unspecified atom stereocenters. The second-order valence-corrected chi connectivity index (χ2v) is 1.70. The van der Waals surface area contributed by atoms with Gasteiger partial charge in [0.1, 0.15) is 12.4 Å². The lowest BCUT2D eigenvalue weighted by Crippen LogP contribution is -2.44. The van der Waals surface area contributed by atoms with Crippen LogP contribution in [0.3, 0.4) is 0 Å². The molecule has 0 bridgehead atoms. The van der Waals surface area contributed by atoms with Crippen molar-refractivity contribution in [2.75, 3.05) is 0 Å². The number of carbonyl (C=O) groups excluding carboxylic acids is 1. The Morgan fingerprint density at radius 2 is 2.50 bits per heavy atom. The van der Waals surface area contributed by atoms with Crippen molar-refractivity contribution in [3.05, 3.63) is 24.8 Å². The third kappa shape index (κ3) is 1.81. The highest BCUT2D eigenvalue weighted by molar-refractivity contribution is 5.65. The maximum absolute atomic E-state index is 10.3. The van der Waals surface area contributed by atoms with Crippen LogP contribution >= 0.6 is 0 Å². The summed E-state index contributed by atoms with van der Waals surface area (Å²) in [6, 6.07) is 1.67. The molecule has 0 fully saturated rings. The molecule has 0 radical (unpaired) electrons. The molecule has 1 aromatic heterocycles. The average Bonchev–Trinajstić information content (AvgIpc) is 1.88. The van der Waals surface area contributed by atoms with Crippen molar-refractivity contribution in [2.24, 2.45) is 0 Å². The van der Waals surface area contributed by atoms with Crippen LogP contribution in [0.15, 0.2) is 24.8 Å². The number of nitrogens with zero attached hydrogens (tertiary/aromatic N) is 2. The molecule has 0 aromatic carbocycles. The molecule has 52 valence electrons. The first kappa shape index (κ1) is 6.67. The minimum Gasteiger partial charge on any atom is -0.258 e. The predicted molar refractivity (Wildman–Crippen MR) is 31.7 cm³/mol. The van der Waals surface area contributed by atoms with E-state index in [2.05, 4.69) is 9.82 Å². The van der Waals surface area contributed by atoms with Crippen LogP contribution in [0.1, 0.15) is 6.92 Å². The summed E-state index contributed by atoms with van der Waals surface area (Å²) in [7, 11) is 0. The molecule has 0 saturated carbocycles. The first-order chi connectivity index (χ1) is 4.79. The Morgan fingerprint density at radius 3 is 3.00 bits per heavy atom. The summed E-state index contributed by atoms with van der Waals surface area (Å²) in [4.78, 5) is 18.7. The molecule has 10 heavy (non-hydrogen) atoms. The summed E-state index contributed by atoms with van der Waals surface area (Å²) < 4.78 is 1.24. The van der Waals surface area contributed by atoms with Crippen LogP contribution in [-0.2, 0) is 4.79 Å². The molecule has 0 spiro atoms. The third-order valence-electron chi connectivity index (χ3n) is 0.820. The zero-order valence-electron chi connectivity index (χ0n) is 5.52. The first-order valence-electron chi connectivity index (χ1n) is 2.79. The van der Waals surface area contributed by atoms with Crippen molar-refractivity contribution in [3.8, 4) is 0 Å². The molecule has 1 aromatic rings. The second-order valence-electron chi connectivity index (χ2n) is 1.70. The SMILES string of the molecule is CC(=O)O[n+]1cccnc1. The van der Waals surface area contributed by atoms with Gasteiger partial charge < -0.3 is 0 Å². The average molecular weight is 139 g/mol. The van der Waals surface area contributed by atoms with E-state index in [0.29, 0.717) is 0 Å². The van der Waals surface area contributed by atoms with E-state index in [4.69, 9.17) is 0 Å². The van der Waals surface area contributed by atoms with E-state index in [1.807, 2.05) is 0 Å². The smallest absolute Gasteiger partial charge is 0.258 e. The maximum atomic E-state index is 10.3. The Labute approximate surface area is 58.0 Å². The molecule has 0 aliphatic heterocycles. The highest BCUT2D eigenvalue weighted by atomic mass is 16.7. The Morgan fingerprint density at radius 1 is 1.70 bits per heavy atom. The molecule has 0 amide bonds. The van der Waals surface area contributed by atoms with Crippen molar-refractivity contribution < 1.29 is 14.4 Å². The van der Waals surface area contributed by atoms with Gasteiger partial charge in [0, 0.05) is 13.0 Å². The fraction of sp³-hybridized carbons (Fsp3) is 0.167. The van der Waals surface area contributed by atoms with E-state index >= 15 is 0 Å². The molecule has 0 N–H and O–H groups in total. The number of hydrogen-bond acceptors (Lipinski definition) is 3. The fourth-order valence-electron chi connectivity index (χ4n) is 0.518. The Balaban J connectivity index is 2.67. The molecule has 0 aliphatic carbocycles. The van der Waals surface area contributed by atoms with E-state index < -0.39 is 0 Å². The van der Waals surface area contributed by atoms with Crippen molar-refractivity contribution in [1.82, 2.24) is 4.98 Å². The third-order valence-corrected chi connectivity index (χ3v) is 0.820. The molecular formula is C6H7N2O2+. The summed E-state index contributed by atoms with van der Waals surface area (Å²) in [5, 5.41) is 0. The maximum Gasteiger partial charge on any atom is 0.354 e. The molecule has 4 heteroatoms. The standard InChI is InChI=1S/C6H7N2O2/c1-6(9)10-8-4-2-3-7-5-8/h2-5H,1H3/q+1. The van der Waals surface area contributed by atoms with Gasteiger partial charge in [-0.15, -0.1) is 0 Å². The van der Waals surface area contributed by atoms with Gasteiger partial charge in [-0.25, -0.2) is 4.79 Å². The largest absolute Gasteiger partial charge is 0.354 e. The van der Waals surface area contributed by atoms with Gasteiger partial charge in [0.15, 0.2) is 0 Å². The van der Waals surface area contributed by atoms with Crippen LogP contribution in [-0.4, -0.2) is 11.0 Å². The molecule has 1 rings (SSSR count). The van der Waals surface area contributed by atoms with E-state index in [0.717, 1.165) is 0 Å². The van der Waals surface area contributed by atoms with Gasteiger partial charge in [-0.3, -0.25) is 4.84 Å². The zero-order chi connectivity index (χ0) is 7.40. The molecule has 1 heterocycles. The monoisotopic (exact) mass is 139 g/mol. The minimum atomic E-state index is -0.363. The normalized spacial score (nSPS) is 8.90. The fourth-order valence-corrected chi connectivity index (χ4v) is 0.518. The second kappa shape index (κ2) is 2.91. The minimum absolute atomic E-state index is 0.363. The van der Waals surface area contributed by atoms with Gasteiger partial charge in [0.25, 0.3) is 0 Å². The van der Waals surface area contributed by atoms with Crippen LogP contribution < -0.4 is 9.57 Å². The molecule has 0 aliphatic rings. The van der Waals surface area contributed by atoms with Crippen LogP contribution in [0.4, 0.5) is 0 Å². The highest BCUT2D eigenvalue weighted by Gasteiger charge is 1.98. The molecular weight excluding hydrogens is 132 g/mol. The summed E-state index contributed by atoms with van der Waals surface area (Å²) in [5.41, 5.74) is 0. The molecule has 4 nitrogen and oxygen atoms in total. The van der Waals surface area contributed by atoms with Gasteiger partial charge in [-0.05, 0) is 4.73 Å². The Hall–Kier alpha value is -1.45. The molecule has 0 atom stereocenters. The number of aromatic nitrogens is 2. The topological polar surface area (TPSA) is 43.1 Å². The van der Waals surface area contributed by atoms with Gasteiger partial charge >= 0.3 is 12.3 Å². The lowest BCUT2D eigenvalue weighted by atomic mass is 10.7. The van der Waals surface area contributed by atoms with E-state index in [1.54, 1.807) is 18.5 Å². The summed E-state index contributed by atoms with van der Waals surface area (Å²) in [5.74, 6) is -0.363. The lowest BCUT2D eigenvalue weighted by Gasteiger charge is -1.91. The van der Waals surface area contributed by atoms with Gasteiger partial charge in [-0.1, -0.05) is 4.98 Å². The first-order valence-corrected chi connectivity index (χ1v) is 2.79. The van der Waals surface area contributed by atoms with Gasteiger partial charge in [-0.2, -0.15) is 0 Å². The Kier molecular flexibility index (Phi) is 1.94. The zero-order valence-corrected chi connectivity index (χ0v) is 5.52. The van der Waals surface area contributed by atoms with Gasteiger partial charge in [0.2, 0.25) is 0 Å². The number of rotatable bonds is 1. The van der Waals surface area contributed by atoms with Gasteiger partial charge in [0.05, 0.1) is 0 Å². The summed E-state index contributed by atoms with van der Waals surface area (Å²) in [6.45, 7) is 1.33. The van der Waals surface area contributed by atoms with Crippen LogP contribution in [0.2, 0.25) is 0 Å². The van der Waals surface area contributed by atoms with E-state index in [1.165, 1.54) is 18.0 Å². The predicted octanol–water partition coefficient (Wildman–Crippen LogP) is -0.656. The van der Waals surface area contributed by atoms with Crippen molar-refractivity contribution in [3.63, 3.8) is 0 Å². The van der Waals surface area contributed by atoms with Crippen molar-refractivity contribution >= 4 is 5.97 Å². The van der Waals surface area contributed by atoms with Crippen LogP contribution in [0.5, 0.6) is 0 Å². The van der Waals surface area contributed by atoms with Crippen LogP contribution in [0, 0.1) is 0 Å². The van der Waals surface area contributed by atoms with Crippen molar-refractivity contribution in [1.29, 1.82) is 0 Å². The highest BCUT2D eigenvalue weighted by Crippen LogP contribution is 1.68. The number of carbonyl (C=O) groups is 1. The number of hydrogen-bond donors (Lipinski definition) is 0. The quantitative estimate of drug-likeness (QED) is 0.485. The van der Waals surface area contributed by atoms with Crippen molar-refractivity contribution in [2.45, 2.75) is 6.92 Å². The summed E-state index contributed by atoms with van der Waals surface area (Å²) >= 11 is 0. The van der Waals surface area contributed by atoms with E-state index in [-0.39, 0.29) is 5.97 Å². The summed E-state index contributed by atoms with van der Waals surface area (Å²) in [6.07, 6.45) is 4.59. The van der Waals surface area contributed by atoms with E-state index in [9.17, 15) is 4.79 Å².